The Morgan fingerprint density at radius 3 is 2.45 bits per heavy atom. The van der Waals surface area contributed by atoms with Crippen molar-refractivity contribution in [3.05, 3.63) is 70.5 Å². The zero-order valence-corrected chi connectivity index (χ0v) is 14.7. The quantitative estimate of drug-likeness (QED) is 0.630. The van der Waals surface area contributed by atoms with Crippen LogP contribution in [0, 0.1) is 0 Å². The van der Waals surface area contributed by atoms with Crippen molar-refractivity contribution in [1.82, 2.24) is 10.3 Å². The summed E-state index contributed by atoms with van der Waals surface area (Å²) in [7, 11) is 0. The van der Waals surface area contributed by atoms with E-state index < -0.39 is 0 Å². The Hall–Kier alpha value is -1.94. The van der Waals surface area contributed by atoms with Crippen LogP contribution >= 0.6 is 15.9 Å². The van der Waals surface area contributed by atoms with Gasteiger partial charge in [0, 0.05) is 6.08 Å². The summed E-state index contributed by atoms with van der Waals surface area (Å²) in [5.41, 5.74) is 1.82. The second kappa shape index (κ2) is 9.90. The van der Waals surface area contributed by atoms with Crippen molar-refractivity contribution >= 4 is 27.9 Å². The normalized spacial score (nSPS) is 11.5. The van der Waals surface area contributed by atoms with Crippen LogP contribution < -0.4 is 5.32 Å². The number of hydrogen-bond donors (Lipinski definition) is 1. The van der Waals surface area contributed by atoms with Crippen molar-refractivity contribution in [3.8, 4) is 0 Å². The monoisotopic (exact) mass is 360 g/mol. The van der Waals surface area contributed by atoms with Crippen molar-refractivity contribution in [2.45, 2.75) is 26.8 Å². The lowest BCUT2D eigenvalue weighted by Gasteiger charge is -2.12. The van der Waals surface area contributed by atoms with Crippen molar-refractivity contribution in [2.75, 3.05) is 0 Å². The number of aromatic nitrogens is 1. The molecule has 116 valence electrons. The van der Waals surface area contributed by atoms with Crippen LogP contribution in [0.1, 0.15) is 38.1 Å². The maximum Gasteiger partial charge on any atom is 0.244 e. The molecule has 0 unspecified atom stereocenters. The fraction of sp³-hybridized carbons (Fsp3) is 0.222. The minimum atomic E-state index is -0.136. The second-order valence-corrected chi connectivity index (χ2v) is 5.17. The third kappa shape index (κ3) is 6.22. The van der Waals surface area contributed by atoms with Gasteiger partial charge >= 0.3 is 0 Å². The molecular weight excluding hydrogens is 340 g/mol. The summed E-state index contributed by atoms with van der Waals surface area (Å²) in [5, 5.41) is 2.92. The Morgan fingerprint density at radius 2 is 1.82 bits per heavy atom. The number of hydrogen-bond acceptors (Lipinski definition) is 2. The lowest BCUT2D eigenvalue weighted by molar-refractivity contribution is -0.117. The lowest BCUT2D eigenvalue weighted by atomic mass is 10.1. The molecule has 0 saturated heterocycles. The van der Waals surface area contributed by atoms with Crippen LogP contribution in [0.15, 0.2) is 59.2 Å². The Labute approximate surface area is 140 Å². The molecule has 0 bridgehead atoms. The molecule has 1 amide bonds. The molecule has 2 aromatic rings. The van der Waals surface area contributed by atoms with E-state index in [1.165, 1.54) is 6.08 Å². The van der Waals surface area contributed by atoms with Crippen LogP contribution in [0.25, 0.3) is 6.08 Å². The lowest BCUT2D eigenvalue weighted by Crippen LogP contribution is -2.24. The zero-order valence-electron chi connectivity index (χ0n) is 13.1. The van der Waals surface area contributed by atoms with E-state index in [4.69, 9.17) is 0 Å². The topological polar surface area (TPSA) is 42.0 Å². The molecule has 1 heterocycles. The van der Waals surface area contributed by atoms with E-state index in [1.54, 1.807) is 6.08 Å². The number of nitrogens with zero attached hydrogens (tertiary/aromatic N) is 1. The summed E-state index contributed by atoms with van der Waals surface area (Å²) in [6.45, 7) is 5.96. The van der Waals surface area contributed by atoms with Crippen molar-refractivity contribution < 1.29 is 4.79 Å². The van der Waals surface area contributed by atoms with E-state index in [9.17, 15) is 4.79 Å². The summed E-state index contributed by atoms with van der Waals surface area (Å²) in [4.78, 5) is 16.1. The number of pyridine rings is 1. The van der Waals surface area contributed by atoms with Gasteiger partial charge in [-0.2, -0.15) is 0 Å². The molecule has 1 aromatic carbocycles. The van der Waals surface area contributed by atoms with Crippen LogP contribution in [0.2, 0.25) is 0 Å². The number of benzene rings is 1. The molecular formula is C18H21BrN2O. The molecule has 0 aliphatic heterocycles. The number of carbonyl (C=O) groups is 1. The van der Waals surface area contributed by atoms with Gasteiger partial charge in [-0.05, 0) is 46.6 Å². The number of nitrogens with one attached hydrogen (secondary N) is 1. The van der Waals surface area contributed by atoms with Crippen molar-refractivity contribution in [1.29, 1.82) is 0 Å². The highest BCUT2D eigenvalue weighted by molar-refractivity contribution is 9.10. The zero-order chi connectivity index (χ0) is 16.4. The van der Waals surface area contributed by atoms with Gasteiger partial charge in [-0.1, -0.05) is 50.2 Å². The molecule has 0 aliphatic rings. The third-order valence-corrected chi connectivity index (χ3v) is 3.24. The fourth-order valence-corrected chi connectivity index (χ4v) is 2.12. The van der Waals surface area contributed by atoms with Gasteiger partial charge in [0.25, 0.3) is 0 Å². The number of halogens is 1. The maximum absolute atomic E-state index is 11.8. The molecule has 22 heavy (non-hydrogen) atoms. The van der Waals surface area contributed by atoms with Gasteiger partial charge in [0.1, 0.15) is 4.60 Å². The Kier molecular flexibility index (Phi) is 8.15. The average Bonchev–Trinajstić information content (AvgIpc) is 2.56. The largest absolute Gasteiger partial charge is 0.346 e. The predicted octanol–water partition coefficient (Wildman–Crippen LogP) is 4.76. The van der Waals surface area contributed by atoms with E-state index in [0.29, 0.717) is 0 Å². The van der Waals surface area contributed by atoms with E-state index in [2.05, 4.69) is 26.2 Å². The Bertz CT molecular complexity index is 611. The highest BCUT2D eigenvalue weighted by Crippen LogP contribution is 2.11. The molecule has 1 atom stereocenters. The van der Waals surface area contributed by atoms with Gasteiger partial charge in [-0.15, -0.1) is 0 Å². The first kappa shape index (κ1) is 18.1. The predicted molar refractivity (Wildman–Crippen MR) is 95.3 cm³/mol. The molecule has 0 aliphatic carbocycles. The molecule has 1 N–H and O–H groups in total. The third-order valence-electron chi connectivity index (χ3n) is 2.80. The van der Waals surface area contributed by atoms with E-state index >= 15 is 0 Å². The summed E-state index contributed by atoms with van der Waals surface area (Å²) in [6, 6.07) is 15.4. The first-order valence-electron chi connectivity index (χ1n) is 7.31. The second-order valence-electron chi connectivity index (χ2n) is 4.36. The first-order valence-corrected chi connectivity index (χ1v) is 8.10. The molecule has 0 spiro atoms. The first-order chi connectivity index (χ1) is 10.6. The Balaban J connectivity index is 0.00000116. The minimum absolute atomic E-state index is 0.0242. The molecule has 0 radical (unpaired) electrons. The Morgan fingerprint density at radius 1 is 1.14 bits per heavy atom. The molecule has 0 saturated carbocycles. The summed E-state index contributed by atoms with van der Waals surface area (Å²) in [6.07, 6.45) is 3.19. The van der Waals surface area contributed by atoms with E-state index in [0.717, 1.165) is 15.9 Å². The van der Waals surface area contributed by atoms with Crippen molar-refractivity contribution in [3.63, 3.8) is 0 Å². The average molecular weight is 361 g/mol. The number of carbonyl (C=O) groups excluding carboxylic acids is 1. The number of amides is 1. The smallest absolute Gasteiger partial charge is 0.244 e. The highest BCUT2D eigenvalue weighted by atomic mass is 79.9. The molecule has 4 heteroatoms. The van der Waals surface area contributed by atoms with Crippen LogP contribution in [-0.4, -0.2) is 10.9 Å². The molecule has 0 fully saturated rings. The summed E-state index contributed by atoms with van der Waals surface area (Å²) < 4.78 is 0.748. The van der Waals surface area contributed by atoms with Gasteiger partial charge in [0.05, 0.1) is 11.7 Å². The highest BCUT2D eigenvalue weighted by Gasteiger charge is 2.06. The van der Waals surface area contributed by atoms with Gasteiger partial charge < -0.3 is 5.32 Å². The van der Waals surface area contributed by atoms with Gasteiger partial charge in [-0.25, -0.2) is 4.98 Å². The van der Waals surface area contributed by atoms with Crippen LogP contribution in [0.5, 0.6) is 0 Å². The fourth-order valence-electron chi connectivity index (χ4n) is 1.76. The van der Waals surface area contributed by atoms with Gasteiger partial charge in [0.2, 0.25) is 5.91 Å². The number of rotatable bonds is 4. The molecule has 2 rings (SSSR count). The van der Waals surface area contributed by atoms with Gasteiger partial charge in [-0.3, -0.25) is 4.79 Å². The minimum Gasteiger partial charge on any atom is -0.346 e. The maximum atomic E-state index is 11.8. The van der Waals surface area contributed by atoms with E-state index in [1.807, 2.05) is 69.3 Å². The van der Waals surface area contributed by atoms with Crippen molar-refractivity contribution in [2.24, 2.45) is 0 Å². The van der Waals surface area contributed by atoms with Crippen LogP contribution in [0.4, 0.5) is 0 Å². The van der Waals surface area contributed by atoms with Crippen LogP contribution in [-0.2, 0) is 4.79 Å². The standard InChI is InChI=1S/C16H15BrN2O.C2H6/c1-12(13-6-3-2-4-7-13)18-16(20)11-10-14-8-5-9-15(17)19-14;1-2/h2-12H,1H3,(H,18,20);1-2H3/b11-10+;/t12-;/m0./s1. The molecule has 1 aromatic heterocycles. The SMILES string of the molecule is CC.C[C@H](NC(=O)/C=C/c1cccc(Br)n1)c1ccccc1. The van der Waals surface area contributed by atoms with E-state index in [-0.39, 0.29) is 11.9 Å². The van der Waals surface area contributed by atoms with Crippen LogP contribution in [0.3, 0.4) is 0 Å². The molecule has 3 nitrogen and oxygen atoms in total. The summed E-state index contributed by atoms with van der Waals surface area (Å²) in [5.74, 6) is -0.136. The summed E-state index contributed by atoms with van der Waals surface area (Å²) >= 11 is 3.29. The van der Waals surface area contributed by atoms with Gasteiger partial charge in [0.15, 0.2) is 0 Å².